The van der Waals surface area contributed by atoms with E-state index < -0.39 is 0 Å². The lowest BCUT2D eigenvalue weighted by Gasteiger charge is -2.38. The average molecular weight is 435 g/mol. The normalized spacial score (nSPS) is 16.7. The van der Waals surface area contributed by atoms with Crippen molar-refractivity contribution in [3.8, 4) is 22.3 Å². The van der Waals surface area contributed by atoms with E-state index in [9.17, 15) is 0 Å². The Morgan fingerprint density at radius 2 is 0.794 bits per heavy atom. The van der Waals surface area contributed by atoms with Crippen LogP contribution in [0.3, 0.4) is 0 Å². The summed E-state index contributed by atoms with van der Waals surface area (Å²) in [7, 11) is 0. The van der Waals surface area contributed by atoms with Crippen LogP contribution in [-0.2, 0) is 10.8 Å². The van der Waals surface area contributed by atoms with Crippen molar-refractivity contribution in [3.63, 3.8) is 0 Å². The number of fused-ring (bicyclic) bond motifs is 4. The molecule has 0 heterocycles. The second kappa shape index (κ2) is 5.70. The van der Waals surface area contributed by atoms with Gasteiger partial charge in [-0.3, -0.25) is 0 Å². The van der Waals surface area contributed by atoms with Crippen molar-refractivity contribution < 1.29 is 0 Å². The third-order valence-corrected chi connectivity index (χ3v) is 8.99. The molecule has 0 saturated heterocycles. The highest BCUT2D eigenvalue weighted by atomic mass is 14.4. The summed E-state index contributed by atoms with van der Waals surface area (Å²) >= 11 is 0. The second-order valence-corrected chi connectivity index (χ2v) is 11.4. The first-order valence-corrected chi connectivity index (χ1v) is 12.4. The molecule has 0 radical (unpaired) electrons. The Labute approximate surface area is 200 Å². The predicted octanol–water partition coefficient (Wildman–Crippen LogP) is 9.20. The molecule has 8 rings (SSSR count). The highest BCUT2D eigenvalue weighted by Crippen LogP contribution is 2.56. The van der Waals surface area contributed by atoms with Gasteiger partial charge in [-0.2, -0.15) is 0 Å². The highest BCUT2D eigenvalue weighted by Gasteiger charge is 2.38. The van der Waals surface area contributed by atoms with Crippen LogP contribution in [0.1, 0.15) is 49.9 Å². The van der Waals surface area contributed by atoms with Crippen molar-refractivity contribution >= 4 is 32.3 Å². The summed E-state index contributed by atoms with van der Waals surface area (Å²) in [5, 5.41) is 8.54. The van der Waals surface area contributed by atoms with E-state index in [1.165, 1.54) is 76.8 Å². The van der Waals surface area contributed by atoms with Crippen molar-refractivity contribution in [3.05, 3.63) is 107 Å². The molecule has 162 valence electrons. The van der Waals surface area contributed by atoms with Crippen molar-refractivity contribution in [1.29, 1.82) is 0 Å². The molecule has 0 nitrogen and oxygen atoms in total. The van der Waals surface area contributed by atoms with Gasteiger partial charge in [0.05, 0.1) is 0 Å². The van der Waals surface area contributed by atoms with E-state index in [0.29, 0.717) is 0 Å². The van der Waals surface area contributed by atoms with Crippen LogP contribution in [0.4, 0.5) is 0 Å². The molecule has 0 spiro atoms. The molecule has 0 bridgehead atoms. The quantitative estimate of drug-likeness (QED) is 0.209. The fourth-order valence-electron chi connectivity index (χ4n) is 7.28. The van der Waals surface area contributed by atoms with Gasteiger partial charge in [0.25, 0.3) is 0 Å². The first-order valence-electron chi connectivity index (χ1n) is 12.4. The van der Waals surface area contributed by atoms with Crippen LogP contribution in [-0.4, -0.2) is 0 Å². The lowest BCUT2D eigenvalue weighted by atomic mass is 9.64. The maximum absolute atomic E-state index is 2.50. The van der Waals surface area contributed by atoms with Crippen molar-refractivity contribution in [2.24, 2.45) is 0 Å². The first-order chi connectivity index (χ1) is 16.4. The standard InChI is InChI=1S/C34H26/c1-33(2)25-11-7-5-9-21(25)23-15-14-20-18-28-32-24(22-10-6-8-12-26(22)34(28,3)4)16-13-19-17-27(33)31(23)29(20)30(19)32/h5-18H,1-4H3. The Kier molecular flexibility index (Phi) is 3.14. The average Bonchev–Trinajstić information content (AvgIpc) is 2.85. The van der Waals surface area contributed by atoms with E-state index in [0.717, 1.165) is 0 Å². The molecule has 0 aromatic heterocycles. The summed E-state index contributed by atoms with van der Waals surface area (Å²) in [5.74, 6) is 0. The van der Waals surface area contributed by atoms with Crippen molar-refractivity contribution in [1.82, 2.24) is 0 Å². The molecule has 0 unspecified atom stereocenters. The van der Waals surface area contributed by atoms with Gasteiger partial charge in [0.15, 0.2) is 0 Å². The molecule has 0 atom stereocenters. The SMILES string of the molecule is CC1(C)c2ccccc2-c2ccc3cc4c5c(ccc6cc1c2c3c65)-c1ccccc1C4(C)C. The molecule has 0 N–H and O–H groups in total. The fourth-order valence-corrected chi connectivity index (χ4v) is 7.28. The number of hydrogen-bond acceptors (Lipinski definition) is 0. The Bertz CT molecular complexity index is 1710. The monoisotopic (exact) mass is 434 g/mol. The molecule has 34 heavy (non-hydrogen) atoms. The maximum atomic E-state index is 2.50. The van der Waals surface area contributed by atoms with Crippen LogP contribution in [0.2, 0.25) is 0 Å². The number of benzene rings is 6. The third-order valence-electron chi connectivity index (χ3n) is 8.99. The first kappa shape index (κ1) is 18.7. The van der Waals surface area contributed by atoms with E-state index in [1.54, 1.807) is 0 Å². The van der Waals surface area contributed by atoms with Crippen LogP contribution in [0.5, 0.6) is 0 Å². The Hall–Kier alpha value is -3.64. The molecule has 0 saturated carbocycles. The maximum Gasteiger partial charge on any atom is 0.0159 e. The Balaban J connectivity index is 1.66. The lowest BCUT2D eigenvalue weighted by Crippen LogP contribution is -2.25. The van der Waals surface area contributed by atoms with Gasteiger partial charge in [0, 0.05) is 10.8 Å². The molecule has 2 aliphatic rings. The van der Waals surface area contributed by atoms with E-state index in [1.807, 2.05) is 0 Å². The minimum atomic E-state index is -0.0395. The van der Waals surface area contributed by atoms with Crippen molar-refractivity contribution in [2.45, 2.75) is 38.5 Å². The largest absolute Gasteiger partial charge is 0.0619 e. The third kappa shape index (κ3) is 1.95. The van der Waals surface area contributed by atoms with Gasteiger partial charge in [0.1, 0.15) is 0 Å². The Morgan fingerprint density at radius 1 is 0.382 bits per heavy atom. The molecule has 6 aromatic rings. The minimum Gasteiger partial charge on any atom is -0.0619 e. The smallest absolute Gasteiger partial charge is 0.0159 e. The number of hydrogen-bond donors (Lipinski definition) is 0. The molecule has 0 fully saturated rings. The summed E-state index contributed by atoms with van der Waals surface area (Å²) in [6, 6.07) is 32.5. The van der Waals surface area contributed by atoms with Gasteiger partial charge < -0.3 is 0 Å². The highest BCUT2D eigenvalue weighted by molar-refractivity contribution is 6.30. The van der Waals surface area contributed by atoms with Gasteiger partial charge in [0.2, 0.25) is 0 Å². The van der Waals surface area contributed by atoms with E-state index in [-0.39, 0.29) is 10.8 Å². The zero-order valence-corrected chi connectivity index (χ0v) is 20.1. The van der Waals surface area contributed by atoms with E-state index in [2.05, 4.69) is 113 Å². The molecule has 6 aromatic carbocycles. The van der Waals surface area contributed by atoms with Crippen molar-refractivity contribution in [2.75, 3.05) is 0 Å². The minimum absolute atomic E-state index is 0.0395. The van der Waals surface area contributed by atoms with Gasteiger partial charge in [-0.15, -0.1) is 0 Å². The molecule has 0 aliphatic heterocycles. The van der Waals surface area contributed by atoms with Crippen LogP contribution in [0, 0.1) is 0 Å². The zero-order chi connectivity index (χ0) is 23.0. The van der Waals surface area contributed by atoms with Gasteiger partial charge >= 0.3 is 0 Å². The van der Waals surface area contributed by atoms with Crippen LogP contribution < -0.4 is 0 Å². The second-order valence-electron chi connectivity index (χ2n) is 11.4. The molecule has 2 aliphatic carbocycles. The molecular formula is C34H26. The summed E-state index contributed by atoms with van der Waals surface area (Å²) < 4.78 is 0. The van der Waals surface area contributed by atoms with Gasteiger partial charge in [-0.1, -0.05) is 100 Å². The summed E-state index contributed by atoms with van der Waals surface area (Å²) in [5.41, 5.74) is 11.2. The predicted molar refractivity (Wildman–Crippen MR) is 145 cm³/mol. The van der Waals surface area contributed by atoms with E-state index in [4.69, 9.17) is 0 Å². The van der Waals surface area contributed by atoms with Crippen LogP contribution in [0.25, 0.3) is 54.6 Å². The summed E-state index contributed by atoms with van der Waals surface area (Å²) in [4.78, 5) is 0. The summed E-state index contributed by atoms with van der Waals surface area (Å²) in [6.45, 7) is 9.58. The lowest BCUT2D eigenvalue weighted by molar-refractivity contribution is 0.644. The van der Waals surface area contributed by atoms with Gasteiger partial charge in [-0.25, -0.2) is 0 Å². The molecular weight excluding hydrogens is 408 g/mol. The Morgan fingerprint density at radius 3 is 1.24 bits per heavy atom. The number of rotatable bonds is 0. The zero-order valence-electron chi connectivity index (χ0n) is 20.1. The fraction of sp³-hybridized carbons (Fsp3) is 0.176. The van der Waals surface area contributed by atoms with Crippen LogP contribution >= 0.6 is 0 Å². The summed E-state index contributed by atoms with van der Waals surface area (Å²) in [6.07, 6.45) is 0. The topological polar surface area (TPSA) is 0 Å². The molecule has 0 amide bonds. The van der Waals surface area contributed by atoms with E-state index >= 15 is 0 Å². The van der Waals surface area contributed by atoms with Crippen LogP contribution in [0.15, 0.2) is 84.9 Å². The van der Waals surface area contributed by atoms with Gasteiger partial charge in [-0.05, 0) is 89.0 Å². The molecule has 0 heteroatoms.